The average molecular weight is 380 g/mol. The minimum absolute atomic E-state index is 0.224. The van der Waals surface area contributed by atoms with Gasteiger partial charge in [-0.3, -0.25) is 4.79 Å². The van der Waals surface area contributed by atoms with Gasteiger partial charge in [0.1, 0.15) is 16.9 Å². The van der Waals surface area contributed by atoms with Crippen molar-refractivity contribution >= 4 is 17.7 Å². The van der Waals surface area contributed by atoms with E-state index >= 15 is 0 Å². The highest BCUT2D eigenvalue weighted by molar-refractivity contribution is 8.00. The monoisotopic (exact) mass is 380 g/mol. The van der Waals surface area contributed by atoms with Crippen molar-refractivity contribution in [1.29, 1.82) is 0 Å². The summed E-state index contributed by atoms with van der Waals surface area (Å²) in [6.45, 7) is 2.34. The zero-order chi connectivity index (χ0) is 18.8. The number of halogens is 2. The van der Waals surface area contributed by atoms with Gasteiger partial charge in [0.15, 0.2) is 0 Å². The maximum atomic E-state index is 14.0. The molecule has 0 aliphatic heterocycles. The Morgan fingerprint density at radius 1 is 1.12 bits per heavy atom. The molecular weight excluding hydrogens is 358 g/mol. The highest BCUT2D eigenvalue weighted by Crippen LogP contribution is 2.36. The van der Waals surface area contributed by atoms with Crippen molar-refractivity contribution in [3.63, 3.8) is 0 Å². The molecule has 0 fully saturated rings. The molecule has 0 bridgehead atoms. The van der Waals surface area contributed by atoms with E-state index in [-0.39, 0.29) is 10.8 Å². The van der Waals surface area contributed by atoms with Gasteiger partial charge in [-0.15, -0.1) is 11.8 Å². The number of ether oxygens (including phenoxy) is 1. The summed E-state index contributed by atoms with van der Waals surface area (Å²) in [6, 6.07) is 12.5. The fraction of sp³-hybridized carbons (Fsp3) is 0.316. The minimum Gasteiger partial charge on any atom is -0.383 e. The number of rotatable bonds is 10. The SMILES string of the molecule is COCCNCCNC(=O)C(Sc1ccc(F)cc1F)c1ccccc1. The number of benzene rings is 2. The molecule has 0 aliphatic rings. The molecule has 0 radical (unpaired) electrons. The molecule has 7 heteroatoms. The summed E-state index contributed by atoms with van der Waals surface area (Å²) in [5.74, 6) is -1.54. The van der Waals surface area contributed by atoms with E-state index in [0.29, 0.717) is 26.2 Å². The van der Waals surface area contributed by atoms with Crippen LogP contribution in [-0.2, 0) is 9.53 Å². The first-order chi connectivity index (χ1) is 12.6. The van der Waals surface area contributed by atoms with Crippen LogP contribution in [0.3, 0.4) is 0 Å². The van der Waals surface area contributed by atoms with E-state index in [1.54, 1.807) is 7.11 Å². The molecule has 0 saturated carbocycles. The zero-order valence-electron chi connectivity index (χ0n) is 14.5. The third kappa shape index (κ3) is 6.40. The maximum absolute atomic E-state index is 14.0. The van der Waals surface area contributed by atoms with Crippen molar-refractivity contribution in [2.45, 2.75) is 10.1 Å². The fourth-order valence-corrected chi connectivity index (χ4v) is 3.32. The van der Waals surface area contributed by atoms with E-state index < -0.39 is 16.9 Å². The highest BCUT2D eigenvalue weighted by Gasteiger charge is 2.23. The first kappa shape index (κ1) is 20.4. The molecule has 1 atom stereocenters. The van der Waals surface area contributed by atoms with Crippen molar-refractivity contribution in [3.05, 3.63) is 65.7 Å². The van der Waals surface area contributed by atoms with Gasteiger partial charge in [-0.05, 0) is 17.7 Å². The zero-order valence-corrected chi connectivity index (χ0v) is 15.3. The number of amides is 1. The first-order valence-electron chi connectivity index (χ1n) is 8.26. The topological polar surface area (TPSA) is 50.4 Å². The molecular formula is C19H22F2N2O2S. The van der Waals surface area contributed by atoms with E-state index in [9.17, 15) is 13.6 Å². The summed E-state index contributed by atoms with van der Waals surface area (Å²) in [5, 5.41) is 5.36. The Hall–Kier alpha value is -1.96. The van der Waals surface area contributed by atoms with Crippen LogP contribution < -0.4 is 10.6 Å². The van der Waals surface area contributed by atoms with Gasteiger partial charge >= 0.3 is 0 Å². The number of hydrogen-bond acceptors (Lipinski definition) is 4. The Bertz CT molecular complexity index is 701. The number of methoxy groups -OCH3 is 1. The number of carbonyl (C=O) groups excluding carboxylic acids is 1. The summed E-state index contributed by atoms with van der Waals surface area (Å²) >= 11 is 1.06. The molecule has 1 unspecified atom stereocenters. The minimum atomic E-state index is -0.676. The van der Waals surface area contributed by atoms with E-state index in [0.717, 1.165) is 23.4 Å². The average Bonchev–Trinajstić information content (AvgIpc) is 2.64. The Labute approximate surface area is 156 Å². The Kier molecular flexibility index (Phi) is 8.53. The first-order valence-corrected chi connectivity index (χ1v) is 9.14. The van der Waals surface area contributed by atoms with Crippen LogP contribution in [-0.4, -0.2) is 39.3 Å². The number of nitrogens with one attached hydrogen (secondary N) is 2. The molecule has 0 saturated heterocycles. The van der Waals surface area contributed by atoms with Gasteiger partial charge in [-0.25, -0.2) is 8.78 Å². The third-order valence-electron chi connectivity index (χ3n) is 3.56. The second-order valence-electron chi connectivity index (χ2n) is 5.52. The van der Waals surface area contributed by atoms with Crippen LogP contribution >= 0.6 is 11.8 Å². The summed E-state index contributed by atoms with van der Waals surface area (Å²) in [4.78, 5) is 12.9. The van der Waals surface area contributed by atoms with Gasteiger partial charge < -0.3 is 15.4 Å². The second kappa shape index (κ2) is 10.9. The largest absolute Gasteiger partial charge is 0.383 e. The summed E-state index contributed by atoms with van der Waals surface area (Å²) in [5.41, 5.74) is 0.756. The highest BCUT2D eigenvalue weighted by atomic mass is 32.2. The molecule has 2 rings (SSSR count). The lowest BCUT2D eigenvalue weighted by molar-refractivity contribution is -0.120. The van der Waals surface area contributed by atoms with E-state index in [1.807, 2.05) is 30.3 Å². The Balaban J connectivity index is 2.03. The Morgan fingerprint density at radius 2 is 1.88 bits per heavy atom. The predicted octanol–water partition coefficient (Wildman–Crippen LogP) is 3.15. The molecule has 2 N–H and O–H groups in total. The number of carbonyl (C=O) groups is 1. The molecule has 0 aromatic heterocycles. The molecule has 1 amide bonds. The van der Waals surface area contributed by atoms with Crippen molar-refractivity contribution in [2.24, 2.45) is 0 Å². The van der Waals surface area contributed by atoms with Crippen molar-refractivity contribution in [2.75, 3.05) is 33.4 Å². The van der Waals surface area contributed by atoms with Gasteiger partial charge in [-0.2, -0.15) is 0 Å². The predicted molar refractivity (Wildman–Crippen MR) is 99.2 cm³/mol. The van der Waals surface area contributed by atoms with Crippen LogP contribution in [0.15, 0.2) is 53.4 Å². The maximum Gasteiger partial charge on any atom is 0.238 e. The lowest BCUT2D eigenvalue weighted by Gasteiger charge is -2.17. The molecule has 140 valence electrons. The fourth-order valence-electron chi connectivity index (χ4n) is 2.26. The smallest absolute Gasteiger partial charge is 0.238 e. The normalized spacial score (nSPS) is 12.0. The molecule has 0 spiro atoms. The molecule has 0 aliphatic carbocycles. The molecule has 2 aromatic carbocycles. The molecule has 0 heterocycles. The van der Waals surface area contributed by atoms with Crippen LogP contribution in [0.25, 0.3) is 0 Å². The van der Waals surface area contributed by atoms with Crippen LogP contribution in [0.2, 0.25) is 0 Å². The molecule has 2 aromatic rings. The van der Waals surface area contributed by atoms with Crippen LogP contribution in [0, 0.1) is 11.6 Å². The van der Waals surface area contributed by atoms with Crippen molar-refractivity contribution < 1.29 is 18.3 Å². The Morgan fingerprint density at radius 3 is 2.58 bits per heavy atom. The summed E-state index contributed by atoms with van der Waals surface area (Å²) in [7, 11) is 1.62. The van der Waals surface area contributed by atoms with E-state index in [2.05, 4.69) is 10.6 Å². The van der Waals surface area contributed by atoms with Gasteiger partial charge in [0.2, 0.25) is 5.91 Å². The summed E-state index contributed by atoms with van der Waals surface area (Å²) in [6.07, 6.45) is 0. The third-order valence-corrected chi connectivity index (χ3v) is 4.87. The van der Waals surface area contributed by atoms with Gasteiger partial charge in [0.05, 0.1) is 6.61 Å². The van der Waals surface area contributed by atoms with Gasteiger partial charge in [0, 0.05) is 37.7 Å². The van der Waals surface area contributed by atoms with Gasteiger partial charge in [-0.1, -0.05) is 30.3 Å². The van der Waals surface area contributed by atoms with Crippen molar-refractivity contribution in [1.82, 2.24) is 10.6 Å². The number of hydrogen-bond donors (Lipinski definition) is 2. The quantitative estimate of drug-likeness (QED) is 0.491. The van der Waals surface area contributed by atoms with Crippen LogP contribution in [0.5, 0.6) is 0 Å². The van der Waals surface area contributed by atoms with E-state index in [1.165, 1.54) is 12.1 Å². The number of thioether (sulfide) groups is 1. The van der Waals surface area contributed by atoms with Crippen LogP contribution in [0.4, 0.5) is 8.78 Å². The lowest BCUT2D eigenvalue weighted by Crippen LogP contribution is -2.35. The summed E-state index contributed by atoms with van der Waals surface area (Å²) < 4.78 is 32.1. The standard InChI is InChI=1S/C19H22F2N2O2S/c1-25-12-11-22-9-10-23-19(24)18(14-5-3-2-4-6-14)26-17-8-7-15(20)13-16(17)21/h2-8,13,18,22H,9-12H2,1H3,(H,23,24). The lowest BCUT2D eigenvalue weighted by atomic mass is 10.1. The molecule has 26 heavy (non-hydrogen) atoms. The van der Waals surface area contributed by atoms with E-state index in [4.69, 9.17) is 4.74 Å². The molecule has 4 nitrogen and oxygen atoms in total. The van der Waals surface area contributed by atoms with Crippen LogP contribution in [0.1, 0.15) is 10.8 Å². The second-order valence-corrected chi connectivity index (χ2v) is 6.66. The van der Waals surface area contributed by atoms with Gasteiger partial charge in [0.25, 0.3) is 0 Å². The van der Waals surface area contributed by atoms with Crippen molar-refractivity contribution in [3.8, 4) is 0 Å².